The molecule has 0 aromatic heterocycles. The average Bonchev–Trinajstić information content (AvgIpc) is 2.92. The molecule has 0 aliphatic rings. The van der Waals surface area contributed by atoms with Crippen LogP contribution in [0.1, 0.15) is 5.56 Å². The van der Waals surface area contributed by atoms with Crippen LogP contribution in [0.15, 0.2) is 140 Å². The van der Waals surface area contributed by atoms with Gasteiger partial charge in [-0.3, -0.25) is 0 Å². The monoisotopic (exact) mass is 452 g/mol. The molecule has 0 saturated heterocycles. The molecule has 0 amide bonds. The van der Waals surface area contributed by atoms with Crippen molar-refractivity contribution in [2.45, 2.75) is 6.16 Å². The average molecular weight is 453 g/mol. The van der Waals surface area contributed by atoms with E-state index in [0.29, 0.717) is 0 Å². The van der Waals surface area contributed by atoms with E-state index in [1.54, 1.807) is 0 Å². The van der Waals surface area contributed by atoms with Crippen LogP contribution in [0.3, 0.4) is 0 Å². The molecule has 0 nitrogen and oxygen atoms in total. The van der Waals surface area contributed by atoms with Crippen LogP contribution in [0.2, 0.25) is 0 Å². The summed E-state index contributed by atoms with van der Waals surface area (Å²) in [6, 6.07) is 51.0. The van der Waals surface area contributed by atoms with Gasteiger partial charge in [0.25, 0.3) is 0 Å². The molecule has 0 saturated carbocycles. The standard InChI is InChI=1S/C33H25P/c1-3-15-28(16-4-1)34(29-17-5-2-6-18-29)24-27-23-22-26-13-8-10-20-31(26)33(27)32-21-11-14-25-12-7-9-19-30(25)32/h1-23H,24H2. The highest BCUT2D eigenvalue weighted by Gasteiger charge is 2.19. The minimum Gasteiger partial charge on any atom is -0.0622 e. The molecule has 0 aliphatic heterocycles. The lowest BCUT2D eigenvalue weighted by Gasteiger charge is -2.22. The van der Waals surface area contributed by atoms with Crippen molar-refractivity contribution >= 4 is 40.1 Å². The molecule has 34 heavy (non-hydrogen) atoms. The molecule has 1 heteroatoms. The molecule has 0 heterocycles. The van der Waals surface area contributed by atoms with Crippen molar-refractivity contribution < 1.29 is 0 Å². The maximum atomic E-state index is 2.36. The quantitative estimate of drug-likeness (QED) is 0.231. The van der Waals surface area contributed by atoms with E-state index in [2.05, 4.69) is 140 Å². The topological polar surface area (TPSA) is 0 Å². The lowest BCUT2D eigenvalue weighted by atomic mass is 9.91. The van der Waals surface area contributed by atoms with Crippen molar-refractivity contribution in [3.63, 3.8) is 0 Å². The van der Waals surface area contributed by atoms with Crippen LogP contribution in [0.4, 0.5) is 0 Å². The van der Waals surface area contributed by atoms with Gasteiger partial charge in [-0.25, -0.2) is 0 Å². The van der Waals surface area contributed by atoms with Crippen molar-refractivity contribution in [3.8, 4) is 11.1 Å². The van der Waals surface area contributed by atoms with Gasteiger partial charge in [0.05, 0.1) is 0 Å². The Morgan fingerprint density at radius 1 is 0.412 bits per heavy atom. The molecular formula is C33H25P. The third-order valence-corrected chi connectivity index (χ3v) is 9.04. The summed E-state index contributed by atoms with van der Waals surface area (Å²) in [5.41, 5.74) is 4.10. The minimum atomic E-state index is -0.532. The third kappa shape index (κ3) is 3.92. The highest BCUT2D eigenvalue weighted by molar-refractivity contribution is 7.72. The van der Waals surface area contributed by atoms with Crippen LogP contribution in [-0.2, 0) is 6.16 Å². The van der Waals surface area contributed by atoms with Crippen molar-refractivity contribution in [2.75, 3.05) is 0 Å². The number of hydrogen-bond donors (Lipinski definition) is 0. The Hall–Kier alpha value is -3.73. The second-order valence-corrected chi connectivity index (χ2v) is 10.8. The zero-order valence-corrected chi connectivity index (χ0v) is 19.8. The van der Waals surface area contributed by atoms with E-state index in [1.165, 1.54) is 48.8 Å². The fourth-order valence-corrected chi connectivity index (χ4v) is 7.26. The fourth-order valence-electron chi connectivity index (χ4n) is 4.93. The van der Waals surface area contributed by atoms with E-state index in [4.69, 9.17) is 0 Å². The lowest BCUT2D eigenvalue weighted by Crippen LogP contribution is -2.13. The van der Waals surface area contributed by atoms with Gasteiger partial charge in [-0.2, -0.15) is 0 Å². The first kappa shape index (κ1) is 20.8. The number of fused-ring (bicyclic) bond motifs is 2. The van der Waals surface area contributed by atoms with Gasteiger partial charge in [-0.05, 0) is 56.8 Å². The maximum Gasteiger partial charge on any atom is 0.00138 e. The van der Waals surface area contributed by atoms with Gasteiger partial charge in [0.2, 0.25) is 0 Å². The summed E-state index contributed by atoms with van der Waals surface area (Å²) in [6.45, 7) is 0. The summed E-state index contributed by atoms with van der Waals surface area (Å²) in [4.78, 5) is 0. The molecule has 0 spiro atoms. The van der Waals surface area contributed by atoms with Crippen molar-refractivity contribution in [2.24, 2.45) is 0 Å². The first-order valence-corrected chi connectivity index (χ1v) is 13.3. The second-order valence-electron chi connectivity index (χ2n) is 8.60. The van der Waals surface area contributed by atoms with Gasteiger partial charge in [-0.15, -0.1) is 0 Å². The van der Waals surface area contributed by atoms with Gasteiger partial charge in [0.15, 0.2) is 0 Å². The smallest absolute Gasteiger partial charge is 0.00138 e. The van der Waals surface area contributed by atoms with Gasteiger partial charge >= 0.3 is 0 Å². The summed E-state index contributed by atoms with van der Waals surface area (Å²) in [5, 5.41) is 8.05. The Morgan fingerprint density at radius 3 is 1.62 bits per heavy atom. The van der Waals surface area contributed by atoms with Gasteiger partial charge in [0.1, 0.15) is 0 Å². The number of benzene rings is 6. The summed E-state index contributed by atoms with van der Waals surface area (Å²) in [5.74, 6) is 0. The van der Waals surface area contributed by atoms with Crippen LogP contribution in [-0.4, -0.2) is 0 Å². The van der Waals surface area contributed by atoms with Crippen LogP contribution in [0.5, 0.6) is 0 Å². The molecule has 0 N–H and O–H groups in total. The minimum absolute atomic E-state index is 0.532. The molecule has 6 aromatic rings. The summed E-state index contributed by atoms with van der Waals surface area (Å²) >= 11 is 0. The molecule has 162 valence electrons. The van der Waals surface area contributed by atoms with Crippen molar-refractivity contribution in [3.05, 3.63) is 145 Å². The largest absolute Gasteiger partial charge is 0.0622 e. The molecule has 0 atom stereocenters. The highest BCUT2D eigenvalue weighted by Crippen LogP contribution is 2.44. The first-order chi connectivity index (χ1) is 16.9. The Kier molecular flexibility index (Phi) is 5.68. The van der Waals surface area contributed by atoms with Gasteiger partial charge < -0.3 is 0 Å². The van der Waals surface area contributed by atoms with Crippen LogP contribution in [0, 0.1) is 0 Å². The molecule has 0 unspecified atom stereocenters. The van der Waals surface area contributed by atoms with Crippen LogP contribution < -0.4 is 10.6 Å². The highest BCUT2D eigenvalue weighted by atomic mass is 31.1. The molecule has 0 bridgehead atoms. The normalized spacial score (nSPS) is 11.3. The first-order valence-electron chi connectivity index (χ1n) is 11.7. The van der Waals surface area contributed by atoms with Gasteiger partial charge in [0, 0.05) is 6.16 Å². The zero-order valence-electron chi connectivity index (χ0n) is 18.9. The van der Waals surface area contributed by atoms with Gasteiger partial charge in [-0.1, -0.05) is 140 Å². The van der Waals surface area contributed by atoms with Crippen molar-refractivity contribution in [1.82, 2.24) is 0 Å². The Labute approximate surface area is 202 Å². The second kappa shape index (κ2) is 9.26. The van der Waals surface area contributed by atoms with Crippen molar-refractivity contribution in [1.29, 1.82) is 0 Å². The molecule has 6 aromatic carbocycles. The lowest BCUT2D eigenvalue weighted by molar-refractivity contribution is 1.42. The van der Waals surface area contributed by atoms with E-state index in [0.717, 1.165) is 6.16 Å². The van der Waals surface area contributed by atoms with Crippen LogP contribution in [0.25, 0.3) is 32.7 Å². The number of hydrogen-bond acceptors (Lipinski definition) is 0. The summed E-state index contributed by atoms with van der Waals surface area (Å²) < 4.78 is 0. The summed E-state index contributed by atoms with van der Waals surface area (Å²) in [7, 11) is -0.532. The van der Waals surface area contributed by atoms with E-state index in [9.17, 15) is 0 Å². The molecule has 0 fully saturated rings. The van der Waals surface area contributed by atoms with E-state index in [-0.39, 0.29) is 0 Å². The number of rotatable bonds is 5. The molecule has 6 rings (SSSR count). The maximum absolute atomic E-state index is 2.36. The predicted octanol–water partition coefficient (Wildman–Crippen LogP) is 8.29. The molecule has 0 radical (unpaired) electrons. The van der Waals surface area contributed by atoms with E-state index >= 15 is 0 Å². The zero-order chi connectivity index (χ0) is 22.7. The summed E-state index contributed by atoms with van der Waals surface area (Å²) in [6.07, 6.45) is 1.01. The third-order valence-electron chi connectivity index (χ3n) is 6.54. The Morgan fingerprint density at radius 2 is 0.941 bits per heavy atom. The SMILES string of the molecule is c1ccc(P(Cc2ccc3ccccc3c2-c2cccc3ccccc23)c2ccccc2)cc1. The fraction of sp³-hybridized carbons (Fsp3) is 0.0303. The van der Waals surface area contributed by atoms with Crippen LogP contribution >= 0.6 is 7.92 Å². The van der Waals surface area contributed by atoms with E-state index in [1.807, 2.05) is 0 Å². The Bertz CT molecular complexity index is 1520. The Balaban J connectivity index is 1.59. The van der Waals surface area contributed by atoms with E-state index < -0.39 is 7.92 Å². The molecular weight excluding hydrogens is 427 g/mol. The predicted molar refractivity (Wildman–Crippen MR) is 150 cm³/mol. The molecule has 0 aliphatic carbocycles.